The highest BCUT2D eigenvalue weighted by atomic mass is 14.9. The smallest absolute Gasteiger partial charge is 0.0282 e. The summed E-state index contributed by atoms with van der Waals surface area (Å²) in [6, 6.07) is 0. The van der Waals surface area contributed by atoms with Crippen LogP contribution in [0.15, 0.2) is 0 Å². The zero-order chi connectivity index (χ0) is 5.98. The van der Waals surface area contributed by atoms with Gasteiger partial charge in [-0.15, -0.1) is 0 Å². The lowest BCUT2D eigenvalue weighted by Crippen LogP contribution is -2.26. The monoisotopic (exact) mass is 100 g/mol. The topological polar surface area (TPSA) is 12.0 Å². The van der Waals surface area contributed by atoms with Gasteiger partial charge in [0.05, 0.1) is 0 Å². The van der Waals surface area contributed by atoms with Crippen molar-refractivity contribution in [1.82, 2.24) is 5.32 Å². The van der Waals surface area contributed by atoms with Crippen molar-refractivity contribution in [2.45, 2.75) is 19.7 Å². The summed E-state index contributed by atoms with van der Waals surface area (Å²) in [6.07, 6.45) is 1.32. The number of piperidine rings is 1. The number of hydrogen-bond acceptors (Lipinski definition) is 1. The molecule has 0 saturated carbocycles. The predicted molar refractivity (Wildman–Crippen MR) is 31.3 cm³/mol. The standard InChI is InChI=1S/C6H13N/c1-6-2-4-7-5-3-6/h6-7H,2-5H2,1H3/i2D. The third-order valence-corrected chi connectivity index (χ3v) is 1.44. The van der Waals surface area contributed by atoms with Crippen molar-refractivity contribution in [3.63, 3.8) is 0 Å². The number of hydrogen-bond donors (Lipinski definition) is 1. The largest absolute Gasteiger partial charge is 0.317 e. The molecular formula is C6H13N. The minimum Gasteiger partial charge on any atom is -0.317 e. The molecule has 0 aromatic heterocycles. The van der Waals surface area contributed by atoms with Crippen LogP contribution in [0.2, 0.25) is 0 Å². The Bertz CT molecular complexity index is 64.9. The van der Waals surface area contributed by atoms with E-state index >= 15 is 0 Å². The van der Waals surface area contributed by atoms with Crippen LogP contribution in [0, 0.1) is 5.92 Å². The van der Waals surface area contributed by atoms with Crippen molar-refractivity contribution >= 4 is 0 Å². The first-order valence-corrected chi connectivity index (χ1v) is 2.93. The number of rotatable bonds is 0. The highest BCUT2D eigenvalue weighted by Gasteiger charge is 2.04. The van der Waals surface area contributed by atoms with E-state index in [1.54, 1.807) is 0 Å². The Morgan fingerprint density at radius 1 is 1.71 bits per heavy atom. The summed E-state index contributed by atoms with van der Waals surface area (Å²) in [5.41, 5.74) is 0. The summed E-state index contributed by atoms with van der Waals surface area (Å²) >= 11 is 0. The van der Waals surface area contributed by atoms with Crippen molar-refractivity contribution in [1.29, 1.82) is 0 Å². The van der Waals surface area contributed by atoms with Crippen molar-refractivity contribution in [2.24, 2.45) is 5.92 Å². The molecule has 0 aromatic carbocycles. The van der Waals surface area contributed by atoms with Gasteiger partial charge in [0.2, 0.25) is 0 Å². The normalized spacial score (nSPS) is 45.6. The molecule has 42 valence electrons. The molecule has 1 rings (SSSR count). The maximum Gasteiger partial charge on any atom is 0.0282 e. The van der Waals surface area contributed by atoms with Crippen LogP contribution in [0.3, 0.4) is 0 Å². The van der Waals surface area contributed by atoms with E-state index in [0.29, 0.717) is 5.92 Å². The Hall–Kier alpha value is -0.0400. The minimum atomic E-state index is 0.142. The summed E-state index contributed by atoms with van der Waals surface area (Å²) in [4.78, 5) is 0. The molecule has 1 fully saturated rings. The van der Waals surface area contributed by atoms with E-state index in [-0.39, 0.29) is 6.40 Å². The maximum atomic E-state index is 7.42. The Labute approximate surface area is 46.5 Å². The molecule has 1 nitrogen and oxygen atoms in total. The van der Waals surface area contributed by atoms with Crippen LogP contribution in [0.1, 0.15) is 21.1 Å². The highest BCUT2D eigenvalue weighted by molar-refractivity contribution is 4.62. The van der Waals surface area contributed by atoms with E-state index in [1.165, 1.54) is 6.42 Å². The first kappa shape index (κ1) is 3.90. The van der Waals surface area contributed by atoms with Gasteiger partial charge in [-0.25, -0.2) is 0 Å². The van der Waals surface area contributed by atoms with E-state index in [9.17, 15) is 0 Å². The zero-order valence-corrected chi connectivity index (χ0v) is 4.78. The van der Waals surface area contributed by atoms with Crippen molar-refractivity contribution in [3.05, 3.63) is 0 Å². The fourth-order valence-corrected chi connectivity index (χ4v) is 0.834. The Balaban J connectivity index is 2.28. The zero-order valence-electron chi connectivity index (χ0n) is 5.78. The molecule has 1 N–H and O–H groups in total. The molecule has 0 aromatic rings. The van der Waals surface area contributed by atoms with Gasteiger partial charge in [0, 0.05) is 1.37 Å². The molecule has 1 aliphatic heterocycles. The Kier molecular flexibility index (Phi) is 1.29. The molecule has 1 saturated heterocycles. The summed E-state index contributed by atoms with van der Waals surface area (Å²) in [6.45, 7) is 4.15. The van der Waals surface area contributed by atoms with Crippen LogP contribution in [-0.2, 0) is 0 Å². The molecule has 1 heterocycles. The molecule has 2 unspecified atom stereocenters. The van der Waals surface area contributed by atoms with E-state index < -0.39 is 0 Å². The van der Waals surface area contributed by atoms with Crippen LogP contribution in [0.4, 0.5) is 0 Å². The lowest BCUT2D eigenvalue weighted by molar-refractivity contribution is 0.402. The van der Waals surface area contributed by atoms with E-state index in [4.69, 9.17) is 1.37 Å². The van der Waals surface area contributed by atoms with E-state index in [0.717, 1.165) is 13.1 Å². The SMILES string of the molecule is [2H]C1CNCCC1C. The average molecular weight is 100 g/mol. The highest BCUT2D eigenvalue weighted by Crippen LogP contribution is 2.08. The molecule has 0 amide bonds. The quantitative estimate of drug-likeness (QED) is 0.479. The fourth-order valence-electron chi connectivity index (χ4n) is 0.834. The molecule has 1 aliphatic rings. The van der Waals surface area contributed by atoms with E-state index in [2.05, 4.69) is 12.2 Å². The van der Waals surface area contributed by atoms with Crippen LogP contribution in [0.25, 0.3) is 0 Å². The average Bonchev–Trinajstić information content (AvgIpc) is 1.77. The van der Waals surface area contributed by atoms with Gasteiger partial charge >= 0.3 is 0 Å². The second kappa shape index (κ2) is 2.31. The summed E-state index contributed by atoms with van der Waals surface area (Å²) in [5.74, 6) is 0.608. The molecule has 0 aliphatic carbocycles. The molecule has 0 bridgehead atoms. The van der Waals surface area contributed by atoms with Crippen LogP contribution < -0.4 is 5.32 Å². The van der Waals surface area contributed by atoms with Crippen LogP contribution in [0.5, 0.6) is 0 Å². The molecule has 1 heteroatoms. The minimum absolute atomic E-state index is 0.142. The van der Waals surface area contributed by atoms with Crippen molar-refractivity contribution in [3.8, 4) is 0 Å². The van der Waals surface area contributed by atoms with Gasteiger partial charge in [0.1, 0.15) is 0 Å². The van der Waals surface area contributed by atoms with Gasteiger partial charge in [-0.2, -0.15) is 0 Å². The van der Waals surface area contributed by atoms with Crippen LogP contribution >= 0.6 is 0 Å². The predicted octanol–water partition coefficient (Wildman–Crippen LogP) is 1.01. The Morgan fingerprint density at radius 3 is 3.00 bits per heavy atom. The lowest BCUT2D eigenvalue weighted by Gasteiger charge is -2.17. The molecule has 0 radical (unpaired) electrons. The number of nitrogens with one attached hydrogen (secondary N) is 1. The van der Waals surface area contributed by atoms with Crippen molar-refractivity contribution in [2.75, 3.05) is 13.1 Å². The van der Waals surface area contributed by atoms with E-state index in [1.807, 2.05) is 0 Å². The second-order valence-electron chi connectivity index (χ2n) is 2.21. The van der Waals surface area contributed by atoms with Crippen molar-refractivity contribution < 1.29 is 1.37 Å². The molecule has 0 spiro atoms. The fraction of sp³-hybridized carbons (Fsp3) is 1.00. The third-order valence-electron chi connectivity index (χ3n) is 1.44. The summed E-state index contributed by atoms with van der Waals surface area (Å²) < 4.78 is 7.42. The Morgan fingerprint density at radius 2 is 2.57 bits per heavy atom. The van der Waals surface area contributed by atoms with Gasteiger partial charge in [-0.1, -0.05) is 6.92 Å². The third kappa shape index (κ3) is 1.48. The lowest BCUT2D eigenvalue weighted by atomic mass is 10.0. The maximum absolute atomic E-state index is 7.42. The van der Waals surface area contributed by atoms with Gasteiger partial charge in [-0.3, -0.25) is 0 Å². The second-order valence-corrected chi connectivity index (χ2v) is 2.21. The van der Waals surface area contributed by atoms with Crippen LogP contribution in [-0.4, -0.2) is 13.1 Å². The molecule has 2 atom stereocenters. The molecule has 7 heavy (non-hydrogen) atoms. The van der Waals surface area contributed by atoms with Gasteiger partial charge in [0.15, 0.2) is 0 Å². The summed E-state index contributed by atoms with van der Waals surface area (Å²) in [7, 11) is 0. The first-order valence-electron chi connectivity index (χ1n) is 3.51. The van der Waals surface area contributed by atoms with Gasteiger partial charge in [-0.05, 0) is 31.8 Å². The molecular weight excluding hydrogens is 86.1 g/mol. The first-order chi connectivity index (χ1) is 3.80. The van der Waals surface area contributed by atoms with Gasteiger partial charge < -0.3 is 5.32 Å². The van der Waals surface area contributed by atoms with Gasteiger partial charge in [0.25, 0.3) is 0 Å². The summed E-state index contributed by atoms with van der Waals surface area (Å²) in [5, 5.41) is 3.18.